The van der Waals surface area contributed by atoms with Crippen molar-refractivity contribution in [1.29, 1.82) is 0 Å². The summed E-state index contributed by atoms with van der Waals surface area (Å²) in [6.07, 6.45) is 0.0935. The zero-order chi connectivity index (χ0) is 16.2. The molecule has 0 aromatic heterocycles. The van der Waals surface area contributed by atoms with Gasteiger partial charge >= 0.3 is 0 Å². The number of rotatable bonds is 6. The average molecular weight is 334 g/mol. The Kier molecular flexibility index (Phi) is 6.19. The first-order chi connectivity index (χ1) is 9.62. The predicted molar refractivity (Wildman–Crippen MR) is 82.4 cm³/mol. The van der Waals surface area contributed by atoms with E-state index in [0.717, 1.165) is 0 Å². The van der Waals surface area contributed by atoms with E-state index in [1.807, 2.05) is 13.8 Å². The van der Waals surface area contributed by atoms with Gasteiger partial charge in [0.15, 0.2) is 0 Å². The lowest BCUT2D eigenvalue weighted by molar-refractivity contribution is 0.0746. The average Bonchev–Trinajstić information content (AvgIpc) is 2.32. The number of nitrogens with one attached hydrogen (secondary N) is 1. The van der Waals surface area contributed by atoms with E-state index >= 15 is 0 Å². The van der Waals surface area contributed by atoms with Crippen LogP contribution in [0.25, 0.3) is 0 Å². The van der Waals surface area contributed by atoms with Crippen LogP contribution in [0.5, 0.6) is 0 Å². The Labute approximate surface area is 130 Å². The van der Waals surface area contributed by atoms with Crippen LogP contribution in [-0.2, 0) is 13.8 Å². The molecule has 1 aromatic carbocycles. The number of ether oxygens (including phenoxy) is 1. The molecule has 0 atom stereocenters. The molecule has 7 heteroatoms. The van der Waals surface area contributed by atoms with Gasteiger partial charge < -0.3 is 10.1 Å². The van der Waals surface area contributed by atoms with Gasteiger partial charge in [-0.05, 0) is 44.9 Å². The van der Waals surface area contributed by atoms with E-state index in [1.165, 1.54) is 6.07 Å². The van der Waals surface area contributed by atoms with Crippen LogP contribution in [-0.4, -0.2) is 33.6 Å². The van der Waals surface area contributed by atoms with Gasteiger partial charge in [0.1, 0.15) is 0 Å². The molecule has 0 aliphatic carbocycles. The minimum Gasteiger partial charge on any atom is -0.377 e. The number of aryl methyl sites for hydroxylation is 2. The van der Waals surface area contributed by atoms with E-state index in [2.05, 4.69) is 5.32 Å². The fourth-order valence-corrected chi connectivity index (χ4v) is 3.09. The Bertz CT molecular complexity index is 626. The summed E-state index contributed by atoms with van der Waals surface area (Å²) in [6.45, 7) is 7.95. The highest BCUT2D eigenvalue weighted by Crippen LogP contribution is 2.23. The standard InChI is InChI=1S/C14H20ClNO4S/c1-9(2)20-6-5-16-14(17)12-8-13(21(15,18)19)11(4)7-10(12)3/h7-9H,5-6H2,1-4H3,(H,16,17). The highest BCUT2D eigenvalue weighted by Gasteiger charge is 2.18. The third kappa shape index (κ3) is 5.30. The topological polar surface area (TPSA) is 72.5 Å². The van der Waals surface area contributed by atoms with Crippen LogP contribution in [0.2, 0.25) is 0 Å². The monoisotopic (exact) mass is 333 g/mol. The van der Waals surface area contributed by atoms with Crippen molar-refractivity contribution in [3.8, 4) is 0 Å². The first-order valence-corrected chi connectivity index (χ1v) is 8.89. The lowest BCUT2D eigenvalue weighted by Crippen LogP contribution is -2.28. The summed E-state index contributed by atoms with van der Waals surface area (Å²) < 4.78 is 28.3. The van der Waals surface area contributed by atoms with E-state index in [9.17, 15) is 13.2 Å². The van der Waals surface area contributed by atoms with Crippen molar-refractivity contribution < 1.29 is 17.9 Å². The normalized spacial score (nSPS) is 11.7. The molecule has 21 heavy (non-hydrogen) atoms. The molecule has 0 radical (unpaired) electrons. The van der Waals surface area contributed by atoms with Crippen molar-refractivity contribution in [3.05, 3.63) is 28.8 Å². The maximum Gasteiger partial charge on any atom is 0.261 e. The SMILES string of the molecule is Cc1cc(C)c(S(=O)(=O)Cl)cc1C(=O)NCCOC(C)C. The Balaban J connectivity index is 2.90. The van der Waals surface area contributed by atoms with Gasteiger partial charge in [0.25, 0.3) is 15.0 Å². The minimum absolute atomic E-state index is 0.0432. The van der Waals surface area contributed by atoms with Crippen LogP contribution < -0.4 is 5.32 Å². The molecule has 1 amide bonds. The molecule has 0 unspecified atom stereocenters. The van der Waals surface area contributed by atoms with Gasteiger partial charge in [0.2, 0.25) is 0 Å². The van der Waals surface area contributed by atoms with E-state index in [1.54, 1.807) is 19.9 Å². The second-order valence-electron chi connectivity index (χ2n) is 5.05. The summed E-state index contributed by atoms with van der Waals surface area (Å²) in [5.41, 5.74) is 1.51. The molecule has 0 saturated heterocycles. The number of carbonyl (C=O) groups excluding carboxylic acids is 1. The Morgan fingerprint density at radius 1 is 1.29 bits per heavy atom. The third-order valence-corrected chi connectivity index (χ3v) is 4.33. The van der Waals surface area contributed by atoms with Gasteiger partial charge in [-0.2, -0.15) is 0 Å². The number of amides is 1. The number of hydrogen-bond acceptors (Lipinski definition) is 4. The van der Waals surface area contributed by atoms with Crippen molar-refractivity contribution in [2.45, 2.75) is 38.7 Å². The quantitative estimate of drug-likeness (QED) is 0.641. The molecule has 0 spiro atoms. The van der Waals surface area contributed by atoms with Crippen LogP contribution >= 0.6 is 10.7 Å². The lowest BCUT2D eigenvalue weighted by atomic mass is 10.1. The molecule has 5 nitrogen and oxygen atoms in total. The minimum atomic E-state index is -3.88. The summed E-state index contributed by atoms with van der Waals surface area (Å²) in [7, 11) is 1.50. The van der Waals surface area contributed by atoms with Crippen molar-refractivity contribution in [3.63, 3.8) is 0 Å². The largest absolute Gasteiger partial charge is 0.377 e. The highest BCUT2D eigenvalue weighted by molar-refractivity contribution is 8.13. The van der Waals surface area contributed by atoms with E-state index in [0.29, 0.717) is 29.8 Å². The number of carbonyl (C=O) groups is 1. The summed E-state index contributed by atoms with van der Waals surface area (Å²) in [6, 6.07) is 2.94. The lowest BCUT2D eigenvalue weighted by Gasteiger charge is -2.12. The van der Waals surface area contributed by atoms with Gasteiger partial charge in [-0.1, -0.05) is 6.07 Å². The molecule has 0 heterocycles. The Morgan fingerprint density at radius 3 is 2.43 bits per heavy atom. The molecular weight excluding hydrogens is 314 g/mol. The van der Waals surface area contributed by atoms with Crippen LogP contribution in [0.1, 0.15) is 35.3 Å². The second-order valence-corrected chi connectivity index (χ2v) is 7.58. The van der Waals surface area contributed by atoms with E-state index in [-0.39, 0.29) is 16.9 Å². The maximum atomic E-state index is 12.1. The van der Waals surface area contributed by atoms with Crippen molar-refractivity contribution in [1.82, 2.24) is 5.32 Å². The van der Waals surface area contributed by atoms with Crippen LogP contribution in [0, 0.1) is 13.8 Å². The van der Waals surface area contributed by atoms with Crippen molar-refractivity contribution >= 4 is 25.6 Å². The summed E-state index contributed by atoms with van der Waals surface area (Å²) in [4.78, 5) is 12.1. The summed E-state index contributed by atoms with van der Waals surface area (Å²) >= 11 is 0. The zero-order valence-electron chi connectivity index (χ0n) is 12.6. The molecule has 1 rings (SSSR count). The molecule has 1 aromatic rings. The molecule has 0 aliphatic heterocycles. The van der Waals surface area contributed by atoms with Crippen LogP contribution in [0.4, 0.5) is 0 Å². The Hall–Kier alpha value is -1.11. The fraction of sp³-hybridized carbons (Fsp3) is 0.500. The van der Waals surface area contributed by atoms with Gasteiger partial charge in [-0.15, -0.1) is 0 Å². The zero-order valence-corrected chi connectivity index (χ0v) is 14.1. The molecule has 0 aliphatic rings. The molecule has 0 saturated carbocycles. The molecule has 118 valence electrons. The smallest absolute Gasteiger partial charge is 0.261 e. The van der Waals surface area contributed by atoms with Gasteiger partial charge in [0, 0.05) is 22.8 Å². The number of hydrogen-bond donors (Lipinski definition) is 1. The van der Waals surface area contributed by atoms with Gasteiger partial charge in [-0.25, -0.2) is 8.42 Å². The maximum absolute atomic E-state index is 12.1. The van der Waals surface area contributed by atoms with Crippen molar-refractivity contribution in [2.75, 3.05) is 13.2 Å². The third-order valence-electron chi connectivity index (χ3n) is 2.87. The molecule has 1 N–H and O–H groups in total. The summed E-state index contributed by atoms with van der Waals surface area (Å²) in [5, 5.41) is 2.69. The molecule has 0 fully saturated rings. The summed E-state index contributed by atoms with van der Waals surface area (Å²) in [5.74, 6) is -0.346. The first-order valence-electron chi connectivity index (χ1n) is 6.58. The Morgan fingerprint density at radius 2 is 1.90 bits per heavy atom. The number of benzene rings is 1. The van der Waals surface area contributed by atoms with E-state index < -0.39 is 9.05 Å². The number of halogens is 1. The fourth-order valence-electron chi connectivity index (χ4n) is 1.89. The van der Waals surface area contributed by atoms with Crippen LogP contribution in [0.3, 0.4) is 0 Å². The highest BCUT2D eigenvalue weighted by atomic mass is 35.7. The molecule has 0 bridgehead atoms. The molecular formula is C14H20ClNO4S. The predicted octanol–water partition coefficient (Wildman–Crippen LogP) is 2.39. The van der Waals surface area contributed by atoms with Gasteiger partial charge in [0.05, 0.1) is 17.6 Å². The van der Waals surface area contributed by atoms with E-state index in [4.69, 9.17) is 15.4 Å². The van der Waals surface area contributed by atoms with Crippen molar-refractivity contribution in [2.24, 2.45) is 0 Å². The van der Waals surface area contributed by atoms with Gasteiger partial charge in [-0.3, -0.25) is 4.79 Å². The first kappa shape index (κ1) is 17.9. The second kappa shape index (κ2) is 7.24. The van der Waals surface area contributed by atoms with Crippen LogP contribution in [0.15, 0.2) is 17.0 Å².